The zero-order valence-corrected chi connectivity index (χ0v) is 43.1. The summed E-state index contributed by atoms with van der Waals surface area (Å²) in [6, 6.07) is 0. The molecule has 0 aliphatic carbocycles. The number of amides is 5. The number of nitrogens with one attached hydrogen (secondary N) is 3. The van der Waals surface area contributed by atoms with Gasteiger partial charge in [0.25, 0.3) is 11.8 Å². The molecule has 0 saturated carbocycles. The Morgan fingerprint density at radius 3 is 1.06 bits per heavy atom. The van der Waals surface area contributed by atoms with Crippen LogP contribution >= 0.6 is 0 Å². The smallest absolute Gasteiger partial charge is 0.333 e. The molecule has 0 bridgehead atoms. The molecule has 2 saturated heterocycles. The predicted octanol–water partition coefficient (Wildman–Crippen LogP) is 0.199. The van der Waals surface area contributed by atoms with Gasteiger partial charge in [-0.3, -0.25) is 71.9 Å². The van der Waals surface area contributed by atoms with Gasteiger partial charge in [0, 0.05) is 62.8 Å². The third-order valence-electron chi connectivity index (χ3n) is 9.70. The number of imide groups is 1. The maximum Gasteiger partial charge on any atom is 0.333 e. The zero-order valence-electron chi connectivity index (χ0n) is 43.1. The van der Waals surface area contributed by atoms with E-state index in [1.807, 2.05) is 0 Å². The van der Waals surface area contributed by atoms with E-state index in [1.54, 1.807) is 20.8 Å². The van der Waals surface area contributed by atoms with Crippen LogP contribution < -0.4 is 16.0 Å². The number of carbonyl (C=O) groups excluding carboxylic acids is 10. The van der Waals surface area contributed by atoms with Crippen molar-refractivity contribution < 1.29 is 132 Å². The normalized spacial score (nSPS) is 13.4. The van der Waals surface area contributed by atoms with Crippen LogP contribution in [0.15, 0.2) is 0 Å². The number of hydrogen-bond donors (Lipinski definition) is 10. The van der Waals surface area contributed by atoms with E-state index in [-0.39, 0.29) is 167 Å². The van der Waals surface area contributed by atoms with Crippen LogP contribution in [0.4, 0.5) is 0 Å². The van der Waals surface area contributed by atoms with E-state index >= 15 is 0 Å². The second-order valence-corrected chi connectivity index (χ2v) is 16.5. The number of esters is 4. The van der Waals surface area contributed by atoms with Crippen LogP contribution in [0.2, 0.25) is 0 Å². The van der Waals surface area contributed by atoms with E-state index in [0.29, 0.717) is 11.5 Å². The van der Waals surface area contributed by atoms with E-state index in [2.05, 4.69) is 25.5 Å². The summed E-state index contributed by atoms with van der Waals surface area (Å²) in [6.07, 6.45) is -0.0143. The van der Waals surface area contributed by atoms with E-state index in [0.717, 1.165) is 0 Å². The Bertz CT molecular complexity index is 2000. The number of nitrogens with zero attached hydrogens (tertiary/aromatic N) is 1. The quantitative estimate of drug-likeness (QED) is 0.0146. The zero-order chi connectivity index (χ0) is 59.6. The number of carbonyl (C=O) groups is 16. The molecule has 2 aliphatic heterocycles. The molecule has 2 rings (SSSR count). The molecule has 2 aliphatic rings. The van der Waals surface area contributed by atoms with Crippen molar-refractivity contribution in [2.24, 2.45) is 23.7 Å². The van der Waals surface area contributed by atoms with Gasteiger partial charge >= 0.3 is 65.7 Å². The number of cyclic esters (lactones) is 2. The summed E-state index contributed by atoms with van der Waals surface area (Å²) in [4.78, 5) is 177. The number of rotatable bonds is 31. The Balaban J connectivity index is -0.000000471. The highest BCUT2D eigenvalue weighted by Crippen LogP contribution is 2.13. The van der Waals surface area contributed by atoms with Gasteiger partial charge in [-0.05, 0) is 25.7 Å². The molecular formula is C47H74N4O27. The number of carboxylic acid groups (broad SMARTS) is 6. The first-order chi connectivity index (χ1) is 35.9. The van der Waals surface area contributed by atoms with Gasteiger partial charge in [0.2, 0.25) is 17.7 Å². The lowest BCUT2D eigenvalue weighted by Gasteiger charge is -2.12. The summed E-state index contributed by atoms with van der Waals surface area (Å²) < 4.78 is 13.6. The highest BCUT2D eigenvalue weighted by atomic mass is 16.7. The van der Waals surface area contributed by atoms with Crippen molar-refractivity contribution in [3.8, 4) is 0 Å². The molecule has 4 atom stereocenters. The molecule has 5 amide bonds. The van der Waals surface area contributed by atoms with Crippen molar-refractivity contribution >= 4 is 95.2 Å². The number of hydrogen-bond acceptors (Lipinski definition) is 21. The lowest BCUT2D eigenvalue weighted by Crippen LogP contribution is -2.33. The van der Waals surface area contributed by atoms with E-state index in [1.165, 1.54) is 6.92 Å². The first-order valence-electron chi connectivity index (χ1n) is 23.8. The van der Waals surface area contributed by atoms with Crippen LogP contribution in [-0.4, -0.2) is 175 Å². The minimum Gasteiger partial charge on any atom is -0.481 e. The highest BCUT2D eigenvalue weighted by Gasteiger charge is 2.33. The van der Waals surface area contributed by atoms with E-state index in [9.17, 15) is 76.7 Å². The second kappa shape index (κ2) is 45.1. The summed E-state index contributed by atoms with van der Waals surface area (Å²) in [5, 5.41) is 66.5. The molecule has 0 aromatic rings. The second-order valence-electron chi connectivity index (χ2n) is 16.5. The first kappa shape index (κ1) is 76.4. The van der Waals surface area contributed by atoms with Crippen LogP contribution in [0.5, 0.6) is 0 Å². The number of aliphatic hydroxyl groups excluding tert-OH is 1. The van der Waals surface area contributed by atoms with Crippen LogP contribution in [0.25, 0.3) is 0 Å². The highest BCUT2D eigenvalue weighted by molar-refractivity contribution is 6.01. The molecule has 78 heavy (non-hydrogen) atoms. The summed E-state index contributed by atoms with van der Waals surface area (Å²) >= 11 is 0. The van der Waals surface area contributed by atoms with E-state index in [4.69, 9.17) is 45.2 Å². The molecule has 31 nitrogen and oxygen atoms in total. The number of aliphatic carboxylic acids is 6. The van der Waals surface area contributed by atoms with Crippen molar-refractivity contribution in [3.05, 3.63) is 0 Å². The summed E-state index contributed by atoms with van der Waals surface area (Å²) in [5.41, 5.74) is 0. The molecule has 0 aromatic carbocycles. The first-order valence-corrected chi connectivity index (χ1v) is 23.8. The molecule has 10 N–H and O–H groups in total. The molecular weight excluding hydrogens is 1050 g/mol. The lowest BCUT2D eigenvalue weighted by molar-refractivity contribution is -0.197. The van der Waals surface area contributed by atoms with Gasteiger partial charge in [0.05, 0.1) is 64.1 Å². The Hall–Kier alpha value is -8.12. The van der Waals surface area contributed by atoms with Gasteiger partial charge in [-0.15, -0.1) is 5.06 Å². The topological polar surface area (TPSA) is 491 Å². The summed E-state index contributed by atoms with van der Waals surface area (Å²) in [6.45, 7) is 6.46. The maximum absolute atomic E-state index is 11.7. The molecule has 0 aromatic heterocycles. The molecule has 4 unspecified atom stereocenters. The van der Waals surface area contributed by atoms with Crippen molar-refractivity contribution in [2.75, 3.05) is 39.5 Å². The summed E-state index contributed by atoms with van der Waals surface area (Å²) in [5.74, 6) is -12.8. The number of carboxylic acids is 6. The molecule has 2 heterocycles. The fourth-order valence-electron chi connectivity index (χ4n) is 5.05. The van der Waals surface area contributed by atoms with Gasteiger partial charge < -0.3 is 70.7 Å². The van der Waals surface area contributed by atoms with Crippen molar-refractivity contribution in [1.29, 1.82) is 0 Å². The molecule has 444 valence electrons. The van der Waals surface area contributed by atoms with E-state index < -0.39 is 95.2 Å². The maximum atomic E-state index is 11.7. The Labute approximate surface area is 448 Å². The number of aliphatic hydroxyl groups is 1. The van der Waals surface area contributed by atoms with Crippen molar-refractivity contribution in [2.45, 2.75) is 138 Å². The van der Waals surface area contributed by atoms with Crippen LogP contribution in [0.3, 0.4) is 0 Å². The van der Waals surface area contributed by atoms with Gasteiger partial charge in [0.15, 0.2) is 0 Å². The predicted molar refractivity (Wildman–Crippen MR) is 260 cm³/mol. The van der Waals surface area contributed by atoms with Crippen LogP contribution in [0.1, 0.15) is 138 Å². The Morgan fingerprint density at radius 2 is 0.769 bits per heavy atom. The number of hydroxylamine groups is 2. The monoisotopic (exact) mass is 1130 g/mol. The molecule has 31 heteroatoms. The summed E-state index contributed by atoms with van der Waals surface area (Å²) in [7, 11) is 0. The fraction of sp³-hybridized carbons (Fsp3) is 0.660. The average molecular weight is 1130 g/mol. The van der Waals surface area contributed by atoms with Crippen molar-refractivity contribution in [1.82, 2.24) is 21.0 Å². The Morgan fingerprint density at radius 1 is 0.462 bits per heavy atom. The third-order valence-corrected chi connectivity index (χ3v) is 9.70. The molecule has 0 spiro atoms. The van der Waals surface area contributed by atoms with Crippen LogP contribution in [-0.2, 0) is 95.8 Å². The SMILES string of the molecule is C.CC(CCC(=O)O)C(=O)NCCO.CC(CCC(=O)O)C(=O)NCCOC(=O)CCC(=O)O.CC(CCC(=O)O)C(=O)NCCOC(=O)CCC(=O)ON1C(=O)CCC1=O.CC(CCC(=O)O)C(=O)O.O=C1CCC(=O)O1. The lowest BCUT2D eigenvalue weighted by atomic mass is 10.1. The largest absolute Gasteiger partial charge is 0.481 e. The Kier molecular flexibility index (Phi) is 44.2. The standard InChI is InChI=1S/C16H22N2O9.C12H19NO7.C8H15NO4.C6H10O4.C4H4O3.CH4/c1-10(2-5-13(21)22)16(25)17-8-9-26-14(23)6-7-15(24)27-18-11(19)3-4-12(18)20;1-8(2-3-9(14)15)12(19)13-6-7-20-11(18)5-4-10(16)17;1-6(2-3-7(11)12)8(13)9-4-5-10;1-4(6(9)10)2-3-5(7)8;5-3-1-2-4(6)7-3;/h10H,2-9H2,1H3,(H,17,25)(H,21,22);8H,2-7H2,1H3,(H,13,19)(H,14,15)(H,16,17);6,10H,2-5H2,1H3,(H,9,13)(H,11,12);4H,2-3H2,1H3,(H,7,8)(H,9,10);1-2H2;1H4. The minimum absolute atomic E-state index is 0. The van der Waals surface area contributed by atoms with Gasteiger partial charge in [-0.1, -0.05) is 35.1 Å². The average Bonchev–Trinajstić information content (AvgIpc) is 3.91. The van der Waals surface area contributed by atoms with Gasteiger partial charge in [-0.2, -0.15) is 0 Å². The third kappa shape index (κ3) is 45.3. The van der Waals surface area contributed by atoms with Crippen molar-refractivity contribution in [3.63, 3.8) is 0 Å². The molecule has 2 fully saturated rings. The van der Waals surface area contributed by atoms with Crippen LogP contribution in [0, 0.1) is 23.7 Å². The molecule has 0 radical (unpaired) electrons. The number of ether oxygens (including phenoxy) is 3. The van der Waals surface area contributed by atoms with Gasteiger partial charge in [-0.25, -0.2) is 4.79 Å². The minimum atomic E-state index is -1.08. The van der Waals surface area contributed by atoms with Gasteiger partial charge in [0.1, 0.15) is 13.2 Å². The fourth-order valence-corrected chi connectivity index (χ4v) is 5.05.